The van der Waals surface area contributed by atoms with Gasteiger partial charge in [0.05, 0.1) is 163 Å². The summed E-state index contributed by atoms with van der Waals surface area (Å²) in [6.07, 6.45) is -7.88. The predicted molar refractivity (Wildman–Crippen MR) is 298 cm³/mol. The smallest absolute Gasteiger partial charge is 0.253 e. The number of carbonyl (C=O) groups is 6. The molecule has 6 amide bonds. The molecule has 0 saturated carbocycles. The van der Waals surface area contributed by atoms with Crippen molar-refractivity contribution in [2.24, 2.45) is 0 Å². The second-order valence-corrected chi connectivity index (χ2v) is 21.3. The Bertz CT molecular complexity index is 1950. The first-order chi connectivity index (χ1) is 33.5. The van der Waals surface area contributed by atoms with Crippen LogP contribution in [0.2, 0.25) is 0 Å². The van der Waals surface area contributed by atoms with Crippen molar-refractivity contribution in [2.75, 3.05) is 89.0 Å². The number of hydrogen-bond acceptors (Lipinski definition) is 20. The largest absolute Gasteiger partial charge is 0.395 e. The van der Waals surface area contributed by atoms with Crippen LogP contribution >= 0.6 is 136 Å². The molecule has 0 fully saturated rings. The van der Waals surface area contributed by atoms with E-state index in [0.717, 1.165) is 9.80 Å². The van der Waals surface area contributed by atoms with Crippen molar-refractivity contribution in [1.82, 2.24) is 21.3 Å². The minimum Gasteiger partial charge on any atom is -0.395 e. The normalized spacial score (nSPS) is 14.8. The van der Waals surface area contributed by atoms with Gasteiger partial charge in [0, 0.05) is 20.2 Å². The molecule has 400 valence electrons. The number of amides is 6. The van der Waals surface area contributed by atoms with Crippen LogP contribution in [0.15, 0.2) is 0 Å². The summed E-state index contributed by atoms with van der Waals surface area (Å²) in [6.45, 7) is -10.0. The van der Waals surface area contributed by atoms with Gasteiger partial charge >= 0.3 is 0 Å². The Morgan fingerprint density at radius 2 is 0.577 bits per heavy atom. The quantitative estimate of drug-likeness (QED) is 0.0280. The summed E-state index contributed by atoms with van der Waals surface area (Å²) < 4.78 is -0.684. The third kappa shape index (κ3) is 16.5. The van der Waals surface area contributed by atoms with Gasteiger partial charge in [-0.3, -0.25) is 28.8 Å². The van der Waals surface area contributed by atoms with E-state index in [9.17, 15) is 100 Å². The molecule has 0 spiro atoms. The highest BCUT2D eigenvalue weighted by atomic mass is 127. The van der Waals surface area contributed by atoms with Gasteiger partial charge in [0.25, 0.3) is 23.6 Å². The Hall–Kier alpha value is -0.920. The molecular formula is C39H52I6N6O20. The van der Waals surface area contributed by atoms with Crippen molar-refractivity contribution < 1.29 is 100 Å². The lowest BCUT2D eigenvalue weighted by molar-refractivity contribution is -0.126. The zero-order valence-corrected chi connectivity index (χ0v) is 49.6. The van der Waals surface area contributed by atoms with Crippen LogP contribution in [0.5, 0.6) is 0 Å². The van der Waals surface area contributed by atoms with Gasteiger partial charge in [-0.1, -0.05) is 0 Å². The number of rotatable bonds is 28. The van der Waals surface area contributed by atoms with Gasteiger partial charge in [-0.15, -0.1) is 0 Å². The standard InChI is InChI=1S/C39H52I6N6O20/c40-28-24(36(68)46-14(6-54)18(62)10-58)30(42)34(31(43)25(28)37(69)47-15(7-55)19(63)11-59)50(1-3-52)22(66)5-23(67)51(2-4-53)35-32(44)26(38(70)48-16(8-56)20(64)12-60)29(41)27(33(35)45)39(71)49-17(9-57)21(65)13-61/h14-21,52-65H,1-13H2,(H,46,68)(H,47,69)(H,48,70)(H,49,71). The lowest BCUT2D eigenvalue weighted by Crippen LogP contribution is -2.49. The molecule has 18 N–H and O–H groups in total. The molecule has 0 saturated heterocycles. The summed E-state index contributed by atoms with van der Waals surface area (Å²) in [6, 6.07) is -5.89. The zero-order valence-electron chi connectivity index (χ0n) is 36.7. The fraction of sp³-hybridized carbons (Fsp3) is 0.538. The number of nitrogens with one attached hydrogen (secondary N) is 4. The first kappa shape index (κ1) is 66.2. The number of carbonyl (C=O) groups excluding carboxylic acids is 6. The van der Waals surface area contributed by atoms with E-state index in [2.05, 4.69) is 21.3 Å². The predicted octanol–water partition coefficient (Wildman–Crippen LogP) is -5.17. The molecule has 0 aliphatic rings. The Labute approximate surface area is 486 Å². The number of aliphatic hydroxyl groups is 14. The first-order valence-electron chi connectivity index (χ1n) is 20.5. The van der Waals surface area contributed by atoms with E-state index in [1.165, 1.54) is 0 Å². The van der Waals surface area contributed by atoms with Crippen molar-refractivity contribution >= 4 is 182 Å². The molecule has 71 heavy (non-hydrogen) atoms. The summed E-state index contributed by atoms with van der Waals surface area (Å²) in [5.74, 6) is -6.53. The fourth-order valence-corrected chi connectivity index (χ4v) is 15.8. The summed E-state index contributed by atoms with van der Waals surface area (Å²) >= 11 is 9.81. The van der Waals surface area contributed by atoms with Gasteiger partial charge in [-0.05, 0) is 136 Å². The summed E-state index contributed by atoms with van der Waals surface area (Å²) in [7, 11) is 0. The molecule has 2 aromatic carbocycles. The lowest BCUT2D eigenvalue weighted by atomic mass is 10.0. The highest BCUT2D eigenvalue weighted by molar-refractivity contribution is 14.1. The number of halogens is 6. The summed E-state index contributed by atoms with van der Waals surface area (Å²) in [5, 5.41) is 149. The fourth-order valence-electron chi connectivity index (χ4n) is 6.34. The van der Waals surface area contributed by atoms with Gasteiger partial charge < -0.3 is 103 Å². The highest BCUT2D eigenvalue weighted by Crippen LogP contribution is 2.41. The molecule has 8 unspecified atom stereocenters. The average Bonchev–Trinajstić information content (AvgIpc) is 3.33. The van der Waals surface area contributed by atoms with Crippen molar-refractivity contribution in [2.45, 2.75) is 55.0 Å². The van der Waals surface area contributed by atoms with E-state index >= 15 is 0 Å². The Balaban J connectivity index is 3.04. The van der Waals surface area contributed by atoms with E-state index in [1.54, 1.807) is 136 Å². The van der Waals surface area contributed by atoms with Crippen LogP contribution < -0.4 is 31.1 Å². The van der Waals surface area contributed by atoms with E-state index in [1.807, 2.05) is 0 Å². The number of nitrogens with zero attached hydrogens (tertiary/aromatic N) is 2. The monoisotopic (exact) mass is 1690 g/mol. The maximum atomic E-state index is 14.6. The van der Waals surface area contributed by atoms with Crippen LogP contribution in [0.1, 0.15) is 47.9 Å². The minimum absolute atomic E-state index is 0.107. The molecule has 0 heterocycles. The lowest BCUT2D eigenvalue weighted by Gasteiger charge is -2.31. The molecular weight excluding hydrogens is 1630 g/mol. The molecule has 0 aliphatic heterocycles. The van der Waals surface area contributed by atoms with Gasteiger partial charge in [0.1, 0.15) is 6.42 Å². The van der Waals surface area contributed by atoms with Crippen molar-refractivity contribution in [3.05, 3.63) is 43.7 Å². The molecule has 0 aliphatic carbocycles. The van der Waals surface area contributed by atoms with Gasteiger partial charge in [-0.25, -0.2) is 0 Å². The van der Waals surface area contributed by atoms with Gasteiger partial charge in [0.15, 0.2) is 0 Å². The maximum Gasteiger partial charge on any atom is 0.253 e. The van der Waals surface area contributed by atoms with E-state index in [4.69, 9.17) is 0 Å². The van der Waals surface area contributed by atoms with E-state index in [0.29, 0.717) is 0 Å². The zero-order chi connectivity index (χ0) is 54.2. The molecule has 2 aromatic rings. The highest BCUT2D eigenvalue weighted by Gasteiger charge is 2.38. The molecule has 8 atom stereocenters. The van der Waals surface area contributed by atoms with E-state index in [-0.39, 0.29) is 55.0 Å². The van der Waals surface area contributed by atoms with Crippen LogP contribution in [0.3, 0.4) is 0 Å². The molecule has 2 rings (SSSR count). The van der Waals surface area contributed by atoms with E-state index < -0.39 is 170 Å². The molecule has 0 aromatic heterocycles. The van der Waals surface area contributed by atoms with Crippen LogP contribution in [-0.4, -0.2) is 235 Å². The Kier molecular flexibility index (Phi) is 29.8. The maximum absolute atomic E-state index is 14.6. The van der Waals surface area contributed by atoms with Crippen molar-refractivity contribution in [3.63, 3.8) is 0 Å². The molecule has 32 heteroatoms. The number of benzene rings is 2. The topological polar surface area (TPSA) is 440 Å². The van der Waals surface area contributed by atoms with Crippen molar-refractivity contribution in [1.29, 1.82) is 0 Å². The summed E-state index contributed by atoms with van der Waals surface area (Å²) in [4.78, 5) is 87.1. The third-order valence-corrected chi connectivity index (χ3v) is 16.6. The van der Waals surface area contributed by atoms with Crippen molar-refractivity contribution in [3.8, 4) is 0 Å². The first-order valence-corrected chi connectivity index (χ1v) is 27.0. The minimum atomic E-state index is -1.68. The van der Waals surface area contributed by atoms with Crippen LogP contribution in [0.4, 0.5) is 11.4 Å². The Morgan fingerprint density at radius 3 is 0.746 bits per heavy atom. The number of hydrogen-bond donors (Lipinski definition) is 18. The van der Waals surface area contributed by atoms with Crippen LogP contribution in [0.25, 0.3) is 0 Å². The Morgan fingerprint density at radius 1 is 0.366 bits per heavy atom. The van der Waals surface area contributed by atoms with Gasteiger partial charge in [0.2, 0.25) is 11.8 Å². The number of anilines is 2. The molecule has 0 radical (unpaired) electrons. The third-order valence-electron chi connectivity index (χ3n) is 10.2. The molecule has 26 nitrogen and oxygen atoms in total. The second kappa shape index (κ2) is 32.0. The number of aliphatic hydroxyl groups excluding tert-OH is 14. The average molecular weight is 1690 g/mol. The SMILES string of the molecule is O=C(NC(CO)C(O)CO)c1c(I)c(C(=O)NC(CO)C(O)CO)c(I)c(N(CCO)C(=O)CC(=O)N(CCO)c2c(I)c(C(=O)NC(CO)C(O)CO)c(I)c(C(=O)NC(CO)C(O)CO)c2I)c1I. The summed E-state index contributed by atoms with van der Waals surface area (Å²) in [5.41, 5.74) is -2.01. The van der Waals surface area contributed by atoms with Crippen LogP contribution in [-0.2, 0) is 9.59 Å². The van der Waals surface area contributed by atoms with Gasteiger partial charge in [-0.2, -0.15) is 0 Å². The molecule has 0 bridgehead atoms. The van der Waals surface area contributed by atoms with Crippen LogP contribution in [0, 0.1) is 21.4 Å². The second-order valence-electron chi connectivity index (χ2n) is 14.8.